The van der Waals surface area contributed by atoms with E-state index in [1.165, 1.54) is 18.9 Å². The maximum atomic E-state index is 14.9. The Morgan fingerprint density at radius 3 is 2.83 bits per heavy atom. The minimum atomic E-state index is -0.571. The van der Waals surface area contributed by atoms with Gasteiger partial charge in [-0.15, -0.1) is 10.2 Å². The third kappa shape index (κ3) is 4.42. The van der Waals surface area contributed by atoms with Crippen LogP contribution in [0, 0.1) is 11.7 Å². The lowest BCUT2D eigenvalue weighted by molar-refractivity contribution is -0.132. The monoisotopic (exact) mass is 474 g/mol. The topological polar surface area (TPSA) is 93.0 Å². The smallest absolute Gasteiger partial charge is 0.259 e. The molecule has 0 radical (unpaired) electrons. The van der Waals surface area contributed by atoms with Gasteiger partial charge < -0.3 is 14.8 Å². The van der Waals surface area contributed by atoms with Crippen LogP contribution in [0.1, 0.15) is 59.4 Å². The summed E-state index contributed by atoms with van der Waals surface area (Å²) in [6.07, 6.45) is 6.48. The third-order valence-electron chi connectivity index (χ3n) is 7.19. The molecule has 1 aromatic carbocycles. The van der Waals surface area contributed by atoms with Gasteiger partial charge in [0.1, 0.15) is 23.2 Å². The first kappa shape index (κ1) is 21.9. The second-order valence-electron chi connectivity index (χ2n) is 9.71. The molecule has 8 nitrogen and oxygen atoms in total. The Hall–Kier alpha value is -3.62. The van der Waals surface area contributed by atoms with E-state index in [2.05, 4.69) is 20.5 Å². The summed E-state index contributed by atoms with van der Waals surface area (Å²) < 4.78 is 16.9. The average molecular weight is 475 g/mol. The SMILES string of the molecule is O=C(Nc1cccc(-c2nnc3n2CCC3)n1)c1cc2c(cc1F)CCN(C(=O)CCC1CC1)C2. The first-order valence-corrected chi connectivity index (χ1v) is 12.3. The Morgan fingerprint density at radius 1 is 1.09 bits per heavy atom. The van der Waals surface area contributed by atoms with Gasteiger partial charge in [-0.05, 0) is 60.6 Å². The molecule has 1 aliphatic carbocycles. The van der Waals surface area contributed by atoms with Gasteiger partial charge in [-0.2, -0.15) is 0 Å². The number of amides is 2. The molecule has 180 valence electrons. The number of halogens is 1. The Labute approximate surface area is 202 Å². The molecule has 0 saturated heterocycles. The van der Waals surface area contributed by atoms with E-state index in [0.717, 1.165) is 42.8 Å². The summed E-state index contributed by atoms with van der Waals surface area (Å²) in [4.78, 5) is 32.0. The second kappa shape index (κ2) is 8.87. The largest absolute Gasteiger partial charge is 0.338 e. The van der Waals surface area contributed by atoms with Crippen molar-refractivity contribution in [2.24, 2.45) is 5.92 Å². The molecule has 0 atom stereocenters. The molecular formula is C26H27FN6O2. The summed E-state index contributed by atoms with van der Waals surface area (Å²) in [5.74, 6) is 1.63. The number of aryl methyl sites for hydroxylation is 1. The van der Waals surface area contributed by atoms with Crippen LogP contribution in [-0.2, 0) is 30.7 Å². The minimum Gasteiger partial charge on any atom is -0.338 e. The van der Waals surface area contributed by atoms with Crippen LogP contribution in [0.15, 0.2) is 30.3 Å². The number of nitrogens with one attached hydrogen (secondary N) is 1. The zero-order valence-electron chi connectivity index (χ0n) is 19.5. The lowest BCUT2D eigenvalue weighted by atomic mass is 9.96. The molecule has 6 rings (SSSR count). The standard InChI is InChI=1S/C26H27FN6O2/c27-20-14-17-10-12-32(24(34)9-8-16-6-7-16)15-18(17)13-19(20)26(35)29-22-4-1-3-21(28-22)25-31-30-23-5-2-11-33(23)25/h1,3-4,13-14,16H,2,5-12,15H2,(H,28,29,35). The van der Waals surface area contributed by atoms with Gasteiger partial charge in [0.2, 0.25) is 5.91 Å². The average Bonchev–Trinajstić information content (AvgIpc) is 3.42. The highest BCUT2D eigenvalue weighted by Gasteiger charge is 2.27. The normalized spacial score (nSPS) is 16.7. The molecule has 0 bridgehead atoms. The van der Waals surface area contributed by atoms with Crippen LogP contribution in [-0.4, -0.2) is 43.0 Å². The highest BCUT2D eigenvalue weighted by Crippen LogP contribution is 2.34. The fourth-order valence-corrected chi connectivity index (χ4v) is 5.01. The zero-order chi connectivity index (χ0) is 23.9. The number of benzene rings is 1. The van der Waals surface area contributed by atoms with Crippen molar-refractivity contribution >= 4 is 17.6 Å². The van der Waals surface area contributed by atoms with Crippen molar-refractivity contribution in [1.82, 2.24) is 24.6 Å². The van der Waals surface area contributed by atoms with Gasteiger partial charge in [-0.1, -0.05) is 18.9 Å². The quantitative estimate of drug-likeness (QED) is 0.587. The zero-order valence-corrected chi connectivity index (χ0v) is 19.5. The van der Waals surface area contributed by atoms with Crippen molar-refractivity contribution in [3.8, 4) is 11.5 Å². The molecule has 0 spiro atoms. The van der Waals surface area contributed by atoms with Gasteiger partial charge in [0.05, 0.1) is 5.56 Å². The third-order valence-corrected chi connectivity index (χ3v) is 7.19. The molecule has 1 saturated carbocycles. The maximum absolute atomic E-state index is 14.9. The van der Waals surface area contributed by atoms with Crippen LogP contribution in [0.3, 0.4) is 0 Å². The highest BCUT2D eigenvalue weighted by molar-refractivity contribution is 6.04. The molecule has 2 amide bonds. The number of fused-ring (bicyclic) bond motifs is 2. The summed E-state index contributed by atoms with van der Waals surface area (Å²) in [6.45, 7) is 1.84. The van der Waals surface area contributed by atoms with Gasteiger partial charge in [0, 0.05) is 32.5 Å². The number of rotatable bonds is 6. The molecule has 3 aromatic rings. The van der Waals surface area contributed by atoms with Gasteiger partial charge in [0.15, 0.2) is 5.82 Å². The van der Waals surface area contributed by atoms with Crippen molar-refractivity contribution in [2.75, 3.05) is 11.9 Å². The van der Waals surface area contributed by atoms with Crippen LogP contribution >= 0.6 is 0 Å². The Balaban J connectivity index is 1.18. The first-order valence-electron chi connectivity index (χ1n) is 12.3. The first-order chi connectivity index (χ1) is 17.0. The Bertz CT molecular complexity index is 1320. The lowest BCUT2D eigenvalue weighted by Crippen LogP contribution is -2.36. The number of hydrogen-bond donors (Lipinski definition) is 1. The maximum Gasteiger partial charge on any atom is 0.259 e. The number of pyridine rings is 1. The van der Waals surface area contributed by atoms with Crippen LogP contribution in [0.5, 0.6) is 0 Å². The van der Waals surface area contributed by atoms with E-state index < -0.39 is 11.7 Å². The summed E-state index contributed by atoms with van der Waals surface area (Å²) in [5.41, 5.74) is 2.23. The predicted molar refractivity (Wildman–Crippen MR) is 127 cm³/mol. The van der Waals surface area contributed by atoms with Crippen molar-refractivity contribution in [3.63, 3.8) is 0 Å². The molecule has 1 N–H and O–H groups in total. The predicted octanol–water partition coefficient (Wildman–Crippen LogP) is 3.75. The van der Waals surface area contributed by atoms with Crippen molar-refractivity contribution in [2.45, 2.75) is 58.0 Å². The number of carbonyl (C=O) groups excluding carboxylic acids is 2. The Kier molecular flexibility index (Phi) is 5.54. The number of anilines is 1. The summed E-state index contributed by atoms with van der Waals surface area (Å²) in [5, 5.41) is 11.2. The van der Waals surface area contributed by atoms with Crippen molar-refractivity contribution in [3.05, 3.63) is 58.7 Å². The van der Waals surface area contributed by atoms with Crippen LogP contribution in [0.2, 0.25) is 0 Å². The highest BCUT2D eigenvalue weighted by atomic mass is 19.1. The van der Waals surface area contributed by atoms with Crippen LogP contribution < -0.4 is 5.32 Å². The van der Waals surface area contributed by atoms with Crippen molar-refractivity contribution < 1.29 is 14.0 Å². The number of aromatic nitrogens is 4. The van der Waals surface area contributed by atoms with E-state index >= 15 is 0 Å². The van der Waals surface area contributed by atoms with Gasteiger partial charge in [-0.25, -0.2) is 9.37 Å². The molecule has 0 unspecified atom stereocenters. The molecule has 4 heterocycles. The van der Waals surface area contributed by atoms with E-state index in [4.69, 9.17) is 0 Å². The number of nitrogens with zero attached hydrogens (tertiary/aromatic N) is 5. The molecule has 2 aromatic heterocycles. The minimum absolute atomic E-state index is 0.0494. The van der Waals surface area contributed by atoms with Gasteiger partial charge >= 0.3 is 0 Å². The van der Waals surface area contributed by atoms with E-state index in [-0.39, 0.29) is 11.5 Å². The molecule has 2 aliphatic heterocycles. The van der Waals surface area contributed by atoms with E-state index in [0.29, 0.717) is 49.2 Å². The fourth-order valence-electron chi connectivity index (χ4n) is 5.01. The molecule has 3 aliphatic rings. The lowest BCUT2D eigenvalue weighted by Gasteiger charge is -2.29. The second-order valence-corrected chi connectivity index (χ2v) is 9.71. The summed E-state index contributed by atoms with van der Waals surface area (Å²) in [7, 11) is 0. The van der Waals surface area contributed by atoms with Crippen LogP contribution in [0.4, 0.5) is 10.2 Å². The summed E-state index contributed by atoms with van der Waals surface area (Å²) in [6, 6.07) is 8.27. The summed E-state index contributed by atoms with van der Waals surface area (Å²) >= 11 is 0. The van der Waals surface area contributed by atoms with Crippen LogP contribution in [0.25, 0.3) is 11.5 Å². The molecule has 9 heteroatoms. The molecule has 35 heavy (non-hydrogen) atoms. The van der Waals surface area contributed by atoms with Crippen molar-refractivity contribution in [1.29, 1.82) is 0 Å². The Morgan fingerprint density at radius 2 is 1.97 bits per heavy atom. The fraction of sp³-hybridized carbons (Fsp3) is 0.423. The van der Waals surface area contributed by atoms with E-state index in [1.807, 2.05) is 15.5 Å². The molecular weight excluding hydrogens is 447 g/mol. The van der Waals surface area contributed by atoms with E-state index in [1.54, 1.807) is 18.2 Å². The van der Waals surface area contributed by atoms with Gasteiger partial charge in [0.25, 0.3) is 5.91 Å². The van der Waals surface area contributed by atoms with Gasteiger partial charge in [-0.3, -0.25) is 9.59 Å². The molecule has 1 fully saturated rings. The number of hydrogen-bond acceptors (Lipinski definition) is 5. The number of carbonyl (C=O) groups is 2. The van der Waals surface area contributed by atoms with E-state index in [9.17, 15) is 14.0 Å².